The van der Waals surface area contributed by atoms with Crippen LogP contribution in [0.3, 0.4) is 0 Å². The standard InChI is InChI=1S/C22H36N2O3/c1-5-6-7-8-9-10-11-12-13-14-22(25)24-23-18(2)19-15-16-20(26-3)21(17-19)27-4/h15-17H,5-14H2,1-4H3,(H,24,25). The van der Waals surface area contributed by atoms with E-state index in [0.29, 0.717) is 17.9 Å². The Balaban J connectivity index is 2.26. The second kappa shape index (κ2) is 14.1. The molecule has 5 nitrogen and oxygen atoms in total. The quantitative estimate of drug-likeness (QED) is 0.266. The van der Waals surface area contributed by atoms with Gasteiger partial charge >= 0.3 is 0 Å². The first kappa shape index (κ1) is 23.0. The lowest BCUT2D eigenvalue weighted by Crippen LogP contribution is -2.18. The molecule has 0 saturated carbocycles. The smallest absolute Gasteiger partial charge is 0.240 e. The second-order valence-electron chi connectivity index (χ2n) is 6.88. The van der Waals surface area contributed by atoms with Crippen molar-refractivity contribution in [2.24, 2.45) is 5.10 Å². The Morgan fingerprint density at radius 3 is 2.11 bits per heavy atom. The zero-order valence-corrected chi connectivity index (χ0v) is 17.5. The van der Waals surface area contributed by atoms with E-state index in [2.05, 4.69) is 17.5 Å². The van der Waals surface area contributed by atoms with E-state index in [1.807, 2.05) is 25.1 Å². The zero-order chi connectivity index (χ0) is 19.9. The first-order valence-electron chi connectivity index (χ1n) is 10.2. The van der Waals surface area contributed by atoms with Crippen LogP contribution in [0.25, 0.3) is 0 Å². The molecule has 0 spiro atoms. The van der Waals surface area contributed by atoms with Gasteiger partial charge in [-0.3, -0.25) is 4.79 Å². The molecule has 1 rings (SSSR count). The highest BCUT2D eigenvalue weighted by atomic mass is 16.5. The Morgan fingerprint density at radius 1 is 0.926 bits per heavy atom. The minimum Gasteiger partial charge on any atom is -0.493 e. The van der Waals surface area contributed by atoms with Crippen molar-refractivity contribution < 1.29 is 14.3 Å². The van der Waals surface area contributed by atoms with Gasteiger partial charge in [-0.1, -0.05) is 58.3 Å². The van der Waals surface area contributed by atoms with Crippen molar-refractivity contribution in [2.45, 2.75) is 78.1 Å². The number of carbonyl (C=O) groups excluding carboxylic acids is 1. The van der Waals surface area contributed by atoms with E-state index in [1.165, 1.54) is 44.9 Å². The summed E-state index contributed by atoms with van der Waals surface area (Å²) in [7, 11) is 3.20. The maximum Gasteiger partial charge on any atom is 0.240 e. The third-order valence-electron chi connectivity index (χ3n) is 4.66. The molecule has 0 saturated heterocycles. The lowest BCUT2D eigenvalue weighted by atomic mass is 10.1. The number of benzene rings is 1. The van der Waals surface area contributed by atoms with Crippen molar-refractivity contribution in [3.8, 4) is 11.5 Å². The summed E-state index contributed by atoms with van der Waals surface area (Å²) in [6, 6.07) is 5.58. The Morgan fingerprint density at radius 2 is 1.52 bits per heavy atom. The molecular weight excluding hydrogens is 340 g/mol. The molecule has 0 radical (unpaired) electrons. The number of hydrogen-bond donors (Lipinski definition) is 1. The van der Waals surface area contributed by atoms with Crippen LogP contribution < -0.4 is 14.9 Å². The van der Waals surface area contributed by atoms with Crippen LogP contribution in [0.2, 0.25) is 0 Å². The zero-order valence-electron chi connectivity index (χ0n) is 17.5. The maximum atomic E-state index is 11.9. The van der Waals surface area contributed by atoms with E-state index >= 15 is 0 Å². The van der Waals surface area contributed by atoms with Gasteiger partial charge in [-0.25, -0.2) is 5.43 Å². The van der Waals surface area contributed by atoms with Crippen LogP contribution in [0.1, 0.15) is 83.6 Å². The summed E-state index contributed by atoms with van der Waals surface area (Å²) < 4.78 is 10.5. The molecule has 152 valence electrons. The van der Waals surface area contributed by atoms with Crippen LogP contribution in [0.15, 0.2) is 23.3 Å². The molecular formula is C22H36N2O3. The summed E-state index contributed by atoms with van der Waals surface area (Å²) in [4.78, 5) is 11.9. The highest BCUT2D eigenvalue weighted by Crippen LogP contribution is 2.27. The van der Waals surface area contributed by atoms with Crippen molar-refractivity contribution >= 4 is 11.6 Å². The molecule has 0 unspecified atom stereocenters. The van der Waals surface area contributed by atoms with Crippen LogP contribution >= 0.6 is 0 Å². The monoisotopic (exact) mass is 376 g/mol. The second-order valence-corrected chi connectivity index (χ2v) is 6.88. The highest BCUT2D eigenvalue weighted by Gasteiger charge is 2.07. The lowest BCUT2D eigenvalue weighted by molar-refractivity contribution is -0.121. The minimum atomic E-state index is -0.0298. The number of unbranched alkanes of at least 4 members (excludes halogenated alkanes) is 8. The van der Waals surface area contributed by atoms with Gasteiger partial charge in [0.15, 0.2) is 11.5 Å². The van der Waals surface area contributed by atoms with Gasteiger partial charge in [-0.05, 0) is 31.5 Å². The van der Waals surface area contributed by atoms with Crippen molar-refractivity contribution in [3.63, 3.8) is 0 Å². The summed E-state index contributed by atoms with van der Waals surface area (Å²) >= 11 is 0. The summed E-state index contributed by atoms with van der Waals surface area (Å²) in [5.74, 6) is 1.28. The largest absolute Gasteiger partial charge is 0.493 e. The number of amides is 1. The maximum absolute atomic E-state index is 11.9. The van der Waals surface area contributed by atoms with E-state index in [0.717, 1.165) is 24.1 Å². The van der Waals surface area contributed by atoms with Gasteiger partial charge in [-0.2, -0.15) is 5.10 Å². The van der Waals surface area contributed by atoms with Crippen LogP contribution in [-0.2, 0) is 4.79 Å². The molecule has 0 atom stereocenters. The fourth-order valence-electron chi connectivity index (χ4n) is 2.92. The first-order valence-corrected chi connectivity index (χ1v) is 10.2. The molecule has 0 aliphatic rings. The average Bonchev–Trinajstić information content (AvgIpc) is 2.70. The van der Waals surface area contributed by atoms with Crippen molar-refractivity contribution in [3.05, 3.63) is 23.8 Å². The molecule has 0 heterocycles. The molecule has 1 amide bonds. The number of nitrogens with one attached hydrogen (secondary N) is 1. The number of hydrogen-bond acceptors (Lipinski definition) is 4. The summed E-state index contributed by atoms with van der Waals surface area (Å²) in [6.07, 6.45) is 11.7. The third kappa shape index (κ3) is 9.45. The van der Waals surface area contributed by atoms with Crippen molar-refractivity contribution in [1.82, 2.24) is 5.43 Å². The van der Waals surface area contributed by atoms with Crippen LogP contribution in [0.4, 0.5) is 0 Å². The van der Waals surface area contributed by atoms with Gasteiger partial charge in [0.2, 0.25) is 5.91 Å². The molecule has 0 aliphatic carbocycles. The Bertz CT molecular complexity index is 585. The number of methoxy groups -OCH3 is 2. The number of carbonyl (C=O) groups is 1. The topological polar surface area (TPSA) is 59.9 Å². The first-order chi connectivity index (χ1) is 13.1. The molecule has 1 N–H and O–H groups in total. The van der Waals surface area contributed by atoms with Crippen LogP contribution in [0.5, 0.6) is 11.5 Å². The average molecular weight is 377 g/mol. The lowest BCUT2D eigenvalue weighted by Gasteiger charge is -2.09. The highest BCUT2D eigenvalue weighted by molar-refractivity contribution is 5.99. The van der Waals surface area contributed by atoms with E-state index in [9.17, 15) is 4.79 Å². The third-order valence-corrected chi connectivity index (χ3v) is 4.66. The molecule has 27 heavy (non-hydrogen) atoms. The Kier molecular flexibility index (Phi) is 12.0. The number of nitrogens with zero attached hydrogens (tertiary/aromatic N) is 1. The number of ether oxygens (including phenoxy) is 2. The van der Waals surface area contributed by atoms with Crippen LogP contribution in [-0.4, -0.2) is 25.8 Å². The van der Waals surface area contributed by atoms with Crippen molar-refractivity contribution in [1.29, 1.82) is 0 Å². The number of rotatable bonds is 14. The molecule has 5 heteroatoms. The van der Waals surface area contributed by atoms with E-state index in [-0.39, 0.29) is 5.91 Å². The van der Waals surface area contributed by atoms with Gasteiger partial charge in [0.1, 0.15) is 0 Å². The molecule has 0 aromatic heterocycles. The molecule has 1 aromatic carbocycles. The van der Waals surface area contributed by atoms with Gasteiger partial charge in [0.05, 0.1) is 19.9 Å². The van der Waals surface area contributed by atoms with Gasteiger partial charge in [-0.15, -0.1) is 0 Å². The predicted molar refractivity (Wildman–Crippen MR) is 112 cm³/mol. The summed E-state index contributed by atoms with van der Waals surface area (Å²) in [6.45, 7) is 4.10. The number of hydrazone groups is 1. The van der Waals surface area contributed by atoms with E-state index in [1.54, 1.807) is 14.2 Å². The van der Waals surface area contributed by atoms with Gasteiger partial charge < -0.3 is 9.47 Å². The fourth-order valence-corrected chi connectivity index (χ4v) is 2.92. The molecule has 0 fully saturated rings. The van der Waals surface area contributed by atoms with Gasteiger partial charge in [0.25, 0.3) is 0 Å². The van der Waals surface area contributed by atoms with E-state index in [4.69, 9.17) is 9.47 Å². The minimum absolute atomic E-state index is 0.0298. The Hall–Kier alpha value is -2.04. The molecule has 0 aliphatic heterocycles. The van der Waals surface area contributed by atoms with Gasteiger partial charge in [0, 0.05) is 12.0 Å². The fraction of sp³-hybridized carbons (Fsp3) is 0.636. The van der Waals surface area contributed by atoms with Crippen LogP contribution in [0, 0.1) is 0 Å². The summed E-state index contributed by atoms with van der Waals surface area (Å²) in [5.41, 5.74) is 4.27. The normalized spacial score (nSPS) is 11.3. The molecule has 0 bridgehead atoms. The predicted octanol–water partition coefficient (Wildman–Crippen LogP) is 5.46. The van der Waals surface area contributed by atoms with E-state index < -0.39 is 0 Å². The molecule has 1 aromatic rings. The SMILES string of the molecule is CCCCCCCCCCCC(=O)NN=C(C)c1ccc(OC)c(OC)c1. The Labute approximate surface area is 164 Å². The summed E-state index contributed by atoms with van der Waals surface area (Å²) in [5, 5.41) is 4.20. The van der Waals surface area contributed by atoms with Crippen molar-refractivity contribution in [2.75, 3.05) is 14.2 Å².